The molecule has 3 aromatic carbocycles. The molecule has 32 heavy (non-hydrogen) atoms. The minimum atomic E-state index is -1.26. The van der Waals surface area contributed by atoms with E-state index in [1.165, 1.54) is 36.4 Å². The van der Waals surface area contributed by atoms with E-state index in [9.17, 15) is 23.5 Å². The van der Waals surface area contributed by atoms with Gasteiger partial charge in [0.05, 0.1) is 18.2 Å². The van der Waals surface area contributed by atoms with Gasteiger partial charge in [0, 0.05) is 23.2 Å². The average Bonchev–Trinajstić information content (AvgIpc) is 3.36. The van der Waals surface area contributed by atoms with Gasteiger partial charge in [-0.3, -0.25) is 14.5 Å². The first kappa shape index (κ1) is 19.9. The van der Waals surface area contributed by atoms with Crippen molar-refractivity contribution in [2.75, 3.05) is 11.5 Å². The van der Waals surface area contributed by atoms with Crippen molar-refractivity contribution in [2.45, 2.75) is 12.5 Å². The van der Waals surface area contributed by atoms with Gasteiger partial charge in [0.25, 0.3) is 11.7 Å². The van der Waals surface area contributed by atoms with Crippen LogP contribution in [-0.4, -0.2) is 23.4 Å². The number of ether oxygens (including phenoxy) is 1. The third-order valence-corrected chi connectivity index (χ3v) is 5.69. The fourth-order valence-corrected chi connectivity index (χ4v) is 4.21. The lowest BCUT2D eigenvalue weighted by molar-refractivity contribution is -0.132. The maximum Gasteiger partial charge on any atom is 0.300 e. The Morgan fingerprint density at radius 1 is 1.00 bits per heavy atom. The lowest BCUT2D eigenvalue weighted by atomic mass is 9.94. The van der Waals surface area contributed by atoms with Crippen LogP contribution in [-0.2, 0) is 16.0 Å². The minimum Gasteiger partial charge on any atom is -0.507 e. The first-order valence-corrected chi connectivity index (χ1v) is 10.0. The van der Waals surface area contributed by atoms with E-state index in [-0.39, 0.29) is 16.8 Å². The average molecular weight is 433 g/mol. The molecular formula is C25H17F2NO4. The Morgan fingerprint density at radius 2 is 1.81 bits per heavy atom. The predicted octanol–water partition coefficient (Wildman–Crippen LogP) is 4.53. The number of rotatable bonds is 3. The molecule has 5 nitrogen and oxygen atoms in total. The summed E-state index contributed by atoms with van der Waals surface area (Å²) in [6.45, 7) is 0.513. The van der Waals surface area contributed by atoms with E-state index < -0.39 is 35.1 Å². The maximum atomic E-state index is 14.8. The zero-order valence-corrected chi connectivity index (χ0v) is 16.7. The van der Waals surface area contributed by atoms with Crippen LogP contribution in [0.1, 0.15) is 22.7 Å². The summed E-state index contributed by atoms with van der Waals surface area (Å²) >= 11 is 0. The van der Waals surface area contributed by atoms with Crippen molar-refractivity contribution < 1.29 is 28.2 Å². The second-order valence-corrected chi connectivity index (χ2v) is 7.59. The van der Waals surface area contributed by atoms with E-state index in [0.29, 0.717) is 24.3 Å². The second kappa shape index (κ2) is 7.60. The largest absolute Gasteiger partial charge is 0.507 e. The summed E-state index contributed by atoms with van der Waals surface area (Å²) in [6, 6.07) is 14.5. The summed E-state index contributed by atoms with van der Waals surface area (Å²) in [7, 11) is 0. The van der Waals surface area contributed by atoms with Gasteiger partial charge in [-0.05, 0) is 48.0 Å². The number of nitrogens with zero attached hydrogens (tertiary/aromatic N) is 1. The normalized spacial score (nSPS) is 19.2. The van der Waals surface area contributed by atoms with Crippen molar-refractivity contribution in [2.24, 2.45) is 0 Å². The predicted molar refractivity (Wildman–Crippen MR) is 113 cm³/mol. The number of carbonyl (C=O) groups is 2. The molecule has 0 saturated carbocycles. The molecule has 1 N–H and O–H groups in total. The van der Waals surface area contributed by atoms with Gasteiger partial charge in [0.15, 0.2) is 0 Å². The second-order valence-electron chi connectivity index (χ2n) is 7.59. The monoisotopic (exact) mass is 433 g/mol. The molecular weight excluding hydrogens is 416 g/mol. The molecule has 5 rings (SSSR count). The van der Waals surface area contributed by atoms with E-state index in [2.05, 4.69) is 0 Å². The lowest BCUT2D eigenvalue weighted by Crippen LogP contribution is -2.30. The first-order chi connectivity index (χ1) is 15.5. The summed E-state index contributed by atoms with van der Waals surface area (Å²) in [6.07, 6.45) is 0.644. The molecule has 0 spiro atoms. The highest BCUT2D eigenvalue weighted by molar-refractivity contribution is 6.51. The Kier molecular flexibility index (Phi) is 4.74. The van der Waals surface area contributed by atoms with Crippen LogP contribution >= 0.6 is 0 Å². The van der Waals surface area contributed by atoms with Gasteiger partial charge < -0.3 is 9.84 Å². The molecule has 1 atom stereocenters. The zero-order chi connectivity index (χ0) is 22.4. The summed E-state index contributed by atoms with van der Waals surface area (Å²) in [4.78, 5) is 27.1. The van der Waals surface area contributed by atoms with E-state index in [1.807, 2.05) is 0 Å². The molecule has 0 aromatic heterocycles. The number of hydrogen-bond acceptors (Lipinski definition) is 4. The van der Waals surface area contributed by atoms with Gasteiger partial charge in [0.2, 0.25) is 0 Å². The van der Waals surface area contributed by atoms with Crippen molar-refractivity contribution >= 4 is 23.1 Å². The molecule has 1 fully saturated rings. The highest BCUT2D eigenvalue weighted by atomic mass is 19.1. The molecule has 7 heteroatoms. The fourth-order valence-electron chi connectivity index (χ4n) is 4.21. The number of hydrogen-bond donors (Lipinski definition) is 1. The number of aliphatic hydroxyl groups is 1. The zero-order valence-electron chi connectivity index (χ0n) is 16.7. The third-order valence-electron chi connectivity index (χ3n) is 5.69. The molecule has 2 heterocycles. The first-order valence-electron chi connectivity index (χ1n) is 10.0. The van der Waals surface area contributed by atoms with Crippen LogP contribution < -0.4 is 9.64 Å². The van der Waals surface area contributed by atoms with E-state index in [0.717, 1.165) is 16.5 Å². The molecule has 0 aliphatic carbocycles. The van der Waals surface area contributed by atoms with E-state index >= 15 is 0 Å². The number of ketones is 1. The van der Waals surface area contributed by atoms with Gasteiger partial charge in [-0.15, -0.1) is 0 Å². The topological polar surface area (TPSA) is 66.8 Å². The molecule has 3 aromatic rings. The van der Waals surface area contributed by atoms with Crippen LogP contribution in [0.15, 0.2) is 72.3 Å². The number of halogens is 2. The van der Waals surface area contributed by atoms with Crippen LogP contribution in [0.2, 0.25) is 0 Å². The Labute approximate surface area is 182 Å². The molecule has 1 saturated heterocycles. The summed E-state index contributed by atoms with van der Waals surface area (Å²) in [5.74, 6) is -2.96. The molecule has 160 valence electrons. The van der Waals surface area contributed by atoms with Gasteiger partial charge in [-0.2, -0.15) is 0 Å². The summed E-state index contributed by atoms with van der Waals surface area (Å²) < 4.78 is 34.2. The van der Waals surface area contributed by atoms with Gasteiger partial charge in [-0.25, -0.2) is 8.78 Å². The highest BCUT2D eigenvalue weighted by Gasteiger charge is 2.48. The molecule has 0 bridgehead atoms. The lowest BCUT2D eigenvalue weighted by Gasteiger charge is -2.25. The Hall–Kier alpha value is -4.00. The number of amides is 1. The van der Waals surface area contributed by atoms with Crippen molar-refractivity contribution in [1.29, 1.82) is 0 Å². The van der Waals surface area contributed by atoms with Crippen molar-refractivity contribution in [1.82, 2.24) is 0 Å². The summed E-state index contributed by atoms with van der Waals surface area (Å²) in [5.41, 5.74) is 1.01. The van der Waals surface area contributed by atoms with Crippen LogP contribution in [0.3, 0.4) is 0 Å². The standard InChI is InChI=1S/C25H17F2NO4/c26-16-4-3-5-17(13-16)28-22(18-6-1-2-7-19(18)27)21(24(30)25(28)31)23(29)15-8-9-20-14(12-15)10-11-32-20/h1-9,12-13,22,29H,10-11H2/b23-21+. The van der Waals surface area contributed by atoms with Crippen molar-refractivity contribution in [3.63, 3.8) is 0 Å². The number of fused-ring (bicyclic) bond motifs is 1. The smallest absolute Gasteiger partial charge is 0.300 e. The van der Waals surface area contributed by atoms with Gasteiger partial charge in [-0.1, -0.05) is 24.3 Å². The summed E-state index contributed by atoms with van der Waals surface area (Å²) in [5, 5.41) is 11.1. The van der Waals surface area contributed by atoms with Crippen molar-refractivity contribution in [3.05, 3.63) is 101 Å². The minimum absolute atomic E-state index is 0.0157. The number of carbonyl (C=O) groups excluding carboxylic acids is 2. The highest BCUT2D eigenvalue weighted by Crippen LogP contribution is 2.43. The quantitative estimate of drug-likeness (QED) is 0.375. The van der Waals surface area contributed by atoms with E-state index in [1.54, 1.807) is 24.3 Å². The number of Topliss-reactive ketones (excluding diaryl/α,β-unsaturated/α-hetero) is 1. The Balaban J connectivity index is 1.73. The van der Waals surface area contributed by atoms with Crippen LogP contribution in [0.5, 0.6) is 5.75 Å². The number of anilines is 1. The van der Waals surface area contributed by atoms with Crippen LogP contribution in [0, 0.1) is 11.6 Å². The molecule has 1 unspecified atom stereocenters. The number of aliphatic hydroxyl groups excluding tert-OH is 1. The molecule has 2 aliphatic heterocycles. The Morgan fingerprint density at radius 3 is 2.59 bits per heavy atom. The molecule has 1 amide bonds. The SMILES string of the molecule is O=C1C(=O)N(c2cccc(F)c2)C(c2ccccc2F)/C1=C(\O)c1ccc2c(c1)CCO2. The third kappa shape index (κ3) is 3.13. The fraction of sp³-hybridized carbons (Fsp3) is 0.120. The van der Waals surface area contributed by atoms with Crippen LogP contribution in [0.4, 0.5) is 14.5 Å². The molecule has 0 radical (unpaired) electrons. The van der Waals surface area contributed by atoms with Crippen LogP contribution in [0.25, 0.3) is 5.76 Å². The molecule has 2 aliphatic rings. The van der Waals surface area contributed by atoms with Crippen molar-refractivity contribution in [3.8, 4) is 5.75 Å². The van der Waals surface area contributed by atoms with Gasteiger partial charge in [0.1, 0.15) is 23.1 Å². The van der Waals surface area contributed by atoms with Gasteiger partial charge >= 0.3 is 0 Å². The Bertz CT molecular complexity index is 1300. The number of benzene rings is 3. The maximum absolute atomic E-state index is 14.8. The van der Waals surface area contributed by atoms with E-state index in [4.69, 9.17) is 4.74 Å².